The maximum absolute atomic E-state index is 11.7. The van der Waals surface area contributed by atoms with Crippen LogP contribution in [0.1, 0.15) is 46.0 Å². The van der Waals surface area contributed by atoms with Crippen molar-refractivity contribution in [2.45, 2.75) is 58.1 Å². The summed E-state index contributed by atoms with van der Waals surface area (Å²) in [4.78, 5) is 22.6. The van der Waals surface area contributed by atoms with Crippen molar-refractivity contribution >= 4 is 11.9 Å². The molecule has 5 heteroatoms. The number of ether oxygens (including phenoxy) is 1. The summed E-state index contributed by atoms with van der Waals surface area (Å²) in [7, 11) is 0. The van der Waals surface area contributed by atoms with Crippen molar-refractivity contribution in [2.24, 2.45) is 5.92 Å². The molecule has 104 valence electrons. The molecule has 2 N–H and O–H groups in total. The molecule has 0 aliphatic carbocycles. The van der Waals surface area contributed by atoms with E-state index in [9.17, 15) is 9.59 Å². The van der Waals surface area contributed by atoms with Gasteiger partial charge in [0.05, 0.1) is 6.10 Å². The molecule has 1 fully saturated rings. The first-order valence-corrected chi connectivity index (χ1v) is 6.64. The van der Waals surface area contributed by atoms with Crippen LogP contribution in [-0.4, -0.2) is 35.7 Å². The van der Waals surface area contributed by atoms with Gasteiger partial charge >= 0.3 is 5.97 Å². The Morgan fingerprint density at radius 3 is 2.61 bits per heavy atom. The van der Waals surface area contributed by atoms with Crippen LogP contribution in [0.25, 0.3) is 0 Å². The lowest BCUT2D eigenvalue weighted by molar-refractivity contribution is -0.143. The van der Waals surface area contributed by atoms with Gasteiger partial charge < -0.3 is 15.2 Å². The quantitative estimate of drug-likeness (QED) is 0.757. The van der Waals surface area contributed by atoms with Crippen molar-refractivity contribution in [1.29, 1.82) is 0 Å². The number of carbonyl (C=O) groups excluding carboxylic acids is 1. The maximum Gasteiger partial charge on any atom is 0.326 e. The van der Waals surface area contributed by atoms with E-state index in [1.165, 1.54) is 0 Å². The molecule has 2 atom stereocenters. The monoisotopic (exact) mass is 257 g/mol. The summed E-state index contributed by atoms with van der Waals surface area (Å²) in [6, 6.07) is -0.801. The zero-order chi connectivity index (χ0) is 13.5. The molecular weight excluding hydrogens is 234 g/mol. The summed E-state index contributed by atoms with van der Waals surface area (Å²) in [6.07, 6.45) is 4.41. The largest absolute Gasteiger partial charge is 0.480 e. The average molecular weight is 257 g/mol. The van der Waals surface area contributed by atoms with Gasteiger partial charge in [-0.2, -0.15) is 0 Å². The second-order valence-electron chi connectivity index (χ2n) is 5.15. The van der Waals surface area contributed by atoms with E-state index in [0.717, 1.165) is 25.9 Å². The molecular formula is C13H23NO4. The summed E-state index contributed by atoms with van der Waals surface area (Å²) in [6.45, 7) is 4.34. The average Bonchev–Trinajstić information content (AvgIpc) is 2.34. The van der Waals surface area contributed by atoms with E-state index in [1.807, 2.05) is 0 Å². The molecule has 0 radical (unpaired) electrons. The number of rotatable bonds is 6. The number of nitrogens with one attached hydrogen (secondary N) is 1. The maximum atomic E-state index is 11.7. The van der Waals surface area contributed by atoms with Gasteiger partial charge in [0.1, 0.15) is 6.04 Å². The Morgan fingerprint density at radius 1 is 1.39 bits per heavy atom. The Labute approximate surface area is 108 Å². The number of amides is 1. The van der Waals surface area contributed by atoms with Gasteiger partial charge in [0.15, 0.2) is 0 Å². The van der Waals surface area contributed by atoms with Crippen LogP contribution in [0.3, 0.4) is 0 Å². The fourth-order valence-corrected chi connectivity index (χ4v) is 2.09. The molecule has 0 bridgehead atoms. The van der Waals surface area contributed by atoms with Crippen LogP contribution in [0.15, 0.2) is 0 Å². The number of carbonyl (C=O) groups is 2. The van der Waals surface area contributed by atoms with Crippen molar-refractivity contribution in [3.05, 3.63) is 0 Å². The molecule has 2 unspecified atom stereocenters. The highest BCUT2D eigenvalue weighted by Crippen LogP contribution is 2.17. The normalized spacial score (nSPS) is 21.6. The van der Waals surface area contributed by atoms with Gasteiger partial charge in [-0.15, -0.1) is 0 Å². The first-order valence-electron chi connectivity index (χ1n) is 6.64. The third-order valence-electron chi connectivity index (χ3n) is 3.22. The van der Waals surface area contributed by atoms with Crippen LogP contribution in [0.2, 0.25) is 0 Å². The zero-order valence-corrected chi connectivity index (χ0v) is 11.1. The minimum atomic E-state index is -0.979. The molecule has 0 aromatic heterocycles. The van der Waals surface area contributed by atoms with Crippen molar-refractivity contribution in [2.75, 3.05) is 6.61 Å². The summed E-state index contributed by atoms with van der Waals surface area (Å²) < 4.78 is 5.53. The molecule has 1 heterocycles. The molecule has 1 amide bonds. The van der Waals surface area contributed by atoms with Crippen LogP contribution in [-0.2, 0) is 14.3 Å². The second kappa shape index (κ2) is 7.36. The standard InChI is InChI=1S/C13H23NO4/c1-9(2)12(13(16)17)14-11(15)7-6-10-5-3-4-8-18-10/h9-10,12H,3-8H2,1-2H3,(H,14,15)(H,16,17). The second-order valence-corrected chi connectivity index (χ2v) is 5.15. The Balaban J connectivity index is 2.29. The fraction of sp³-hybridized carbons (Fsp3) is 0.846. The topological polar surface area (TPSA) is 75.6 Å². The van der Waals surface area contributed by atoms with Crippen LogP contribution in [0.4, 0.5) is 0 Å². The minimum Gasteiger partial charge on any atom is -0.480 e. The fourth-order valence-electron chi connectivity index (χ4n) is 2.09. The molecule has 0 aromatic rings. The van der Waals surface area contributed by atoms with E-state index in [2.05, 4.69) is 5.32 Å². The van der Waals surface area contributed by atoms with Crippen LogP contribution in [0, 0.1) is 5.92 Å². The SMILES string of the molecule is CC(C)C(NC(=O)CCC1CCCCO1)C(=O)O. The van der Waals surface area contributed by atoms with Crippen molar-refractivity contribution < 1.29 is 19.4 Å². The van der Waals surface area contributed by atoms with Gasteiger partial charge in [-0.1, -0.05) is 13.8 Å². The Morgan fingerprint density at radius 2 is 2.11 bits per heavy atom. The highest BCUT2D eigenvalue weighted by molar-refractivity contribution is 5.83. The van der Waals surface area contributed by atoms with E-state index in [1.54, 1.807) is 13.8 Å². The highest BCUT2D eigenvalue weighted by Gasteiger charge is 2.24. The predicted octanol–water partition coefficient (Wildman–Crippen LogP) is 1.56. The van der Waals surface area contributed by atoms with E-state index in [-0.39, 0.29) is 17.9 Å². The highest BCUT2D eigenvalue weighted by atomic mass is 16.5. The van der Waals surface area contributed by atoms with Crippen molar-refractivity contribution in [1.82, 2.24) is 5.32 Å². The molecule has 0 spiro atoms. The van der Waals surface area contributed by atoms with E-state index in [4.69, 9.17) is 9.84 Å². The molecule has 0 saturated carbocycles. The van der Waals surface area contributed by atoms with Gasteiger partial charge in [-0.05, 0) is 31.6 Å². The van der Waals surface area contributed by atoms with Crippen molar-refractivity contribution in [3.63, 3.8) is 0 Å². The van der Waals surface area contributed by atoms with Gasteiger partial charge in [0, 0.05) is 13.0 Å². The van der Waals surface area contributed by atoms with Gasteiger partial charge in [-0.3, -0.25) is 4.79 Å². The Bertz CT molecular complexity index is 285. The molecule has 1 aliphatic rings. The van der Waals surface area contributed by atoms with E-state index in [0.29, 0.717) is 12.8 Å². The predicted molar refractivity (Wildman–Crippen MR) is 67.2 cm³/mol. The summed E-state index contributed by atoms with van der Waals surface area (Å²) in [5.41, 5.74) is 0. The summed E-state index contributed by atoms with van der Waals surface area (Å²) in [5.74, 6) is -1.30. The summed E-state index contributed by atoms with van der Waals surface area (Å²) >= 11 is 0. The molecule has 0 aromatic carbocycles. The number of carboxylic acid groups (broad SMARTS) is 1. The molecule has 5 nitrogen and oxygen atoms in total. The molecule has 1 saturated heterocycles. The van der Waals surface area contributed by atoms with Gasteiger partial charge in [-0.25, -0.2) is 4.79 Å². The van der Waals surface area contributed by atoms with Crippen LogP contribution < -0.4 is 5.32 Å². The summed E-state index contributed by atoms with van der Waals surface area (Å²) in [5, 5.41) is 11.5. The van der Waals surface area contributed by atoms with E-state index < -0.39 is 12.0 Å². The molecule has 18 heavy (non-hydrogen) atoms. The smallest absolute Gasteiger partial charge is 0.326 e. The molecule has 1 aliphatic heterocycles. The van der Waals surface area contributed by atoms with Crippen LogP contribution >= 0.6 is 0 Å². The van der Waals surface area contributed by atoms with Gasteiger partial charge in [0.25, 0.3) is 0 Å². The Kier molecular flexibility index (Phi) is 6.12. The number of aliphatic carboxylic acids is 1. The number of hydrogen-bond acceptors (Lipinski definition) is 3. The zero-order valence-electron chi connectivity index (χ0n) is 11.1. The van der Waals surface area contributed by atoms with Gasteiger partial charge in [0.2, 0.25) is 5.91 Å². The molecule has 1 rings (SSSR count). The third kappa shape index (κ3) is 5.04. The third-order valence-corrected chi connectivity index (χ3v) is 3.22. The van der Waals surface area contributed by atoms with E-state index >= 15 is 0 Å². The number of carboxylic acids is 1. The lowest BCUT2D eigenvalue weighted by Crippen LogP contribution is -2.44. The Hall–Kier alpha value is -1.10. The minimum absolute atomic E-state index is 0.114. The van der Waals surface area contributed by atoms with Crippen LogP contribution in [0.5, 0.6) is 0 Å². The number of hydrogen-bond donors (Lipinski definition) is 2. The lowest BCUT2D eigenvalue weighted by Gasteiger charge is -2.23. The first kappa shape index (κ1) is 15.0. The van der Waals surface area contributed by atoms with Crippen molar-refractivity contribution in [3.8, 4) is 0 Å². The first-order chi connectivity index (χ1) is 8.50. The lowest BCUT2D eigenvalue weighted by atomic mass is 10.0.